The van der Waals surface area contributed by atoms with Gasteiger partial charge < -0.3 is 5.73 Å². The van der Waals surface area contributed by atoms with E-state index in [0.717, 1.165) is 0 Å². The van der Waals surface area contributed by atoms with Gasteiger partial charge in [-0.3, -0.25) is 10.4 Å². The number of amidine groups is 1. The molecule has 2 rings (SSSR count). The predicted octanol–water partition coefficient (Wildman–Crippen LogP) is 1.20. The number of hydrogen-bond donors (Lipinski definition) is 2. The monoisotopic (exact) mass is 261 g/mol. The molecule has 18 heavy (non-hydrogen) atoms. The fourth-order valence-corrected chi connectivity index (χ4v) is 2.68. The summed E-state index contributed by atoms with van der Waals surface area (Å²) in [6, 6.07) is 8.92. The lowest BCUT2D eigenvalue weighted by Gasteiger charge is -2.04. The third-order valence-electron chi connectivity index (χ3n) is 2.42. The minimum Gasteiger partial charge on any atom is -0.384 e. The summed E-state index contributed by atoms with van der Waals surface area (Å²) >= 11 is 0. The van der Waals surface area contributed by atoms with Crippen LogP contribution in [-0.4, -0.2) is 19.2 Å². The van der Waals surface area contributed by atoms with Crippen LogP contribution in [0.2, 0.25) is 0 Å². The van der Waals surface area contributed by atoms with E-state index in [1.807, 2.05) is 0 Å². The summed E-state index contributed by atoms with van der Waals surface area (Å²) in [7, 11) is -3.56. The maximum Gasteiger partial charge on any atom is 0.208 e. The minimum absolute atomic E-state index is 0.0969. The predicted molar refractivity (Wildman–Crippen MR) is 67.1 cm³/mol. The number of nitrogens with zero attached hydrogens (tertiary/aromatic N) is 1. The van der Waals surface area contributed by atoms with Crippen molar-refractivity contribution < 1.29 is 8.42 Å². The van der Waals surface area contributed by atoms with Crippen molar-refractivity contribution in [1.82, 2.24) is 4.98 Å². The van der Waals surface area contributed by atoms with Gasteiger partial charge in [-0.15, -0.1) is 0 Å². The van der Waals surface area contributed by atoms with Crippen LogP contribution in [0.25, 0.3) is 0 Å². The zero-order valence-corrected chi connectivity index (χ0v) is 10.2. The lowest BCUT2D eigenvalue weighted by molar-refractivity contribution is 0.595. The Morgan fingerprint density at radius 1 is 1.11 bits per heavy atom. The Morgan fingerprint density at radius 3 is 2.28 bits per heavy atom. The molecule has 0 fully saturated rings. The van der Waals surface area contributed by atoms with E-state index in [1.54, 1.807) is 6.07 Å². The molecule has 3 N–H and O–H groups in total. The average Bonchev–Trinajstić information content (AvgIpc) is 2.40. The highest BCUT2D eigenvalue weighted by molar-refractivity contribution is 7.91. The highest BCUT2D eigenvalue weighted by atomic mass is 32.2. The van der Waals surface area contributed by atoms with Gasteiger partial charge in [0.1, 0.15) is 5.84 Å². The topological polar surface area (TPSA) is 96.9 Å². The molecule has 1 heterocycles. The number of hydrogen-bond acceptors (Lipinski definition) is 4. The molecule has 0 aliphatic rings. The van der Waals surface area contributed by atoms with Crippen molar-refractivity contribution in [2.45, 2.75) is 9.79 Å². The standard InChI is InChI=1S/C12H11N3O2S/c13-12(14)9-3-5-10(6-4-9)18(16,17)11-2-1-7-15-8-11/h1-8H,(H3,13,14). The fourth-order valence-electron chi connectivity index (χ4n) is 1.46. The molecule has 1 aromatic heterocycles. The lowest BCUT2D eigenvalue weighted by Crippen LogP contribution is -2.11. The van der Waals surface area contributed by atoms with Gasteiger partial charge in [-0.05, 0) is 36.4 Å². The van der Waals surface area contributed by atoms with Gasteiger partial charge in [0, 0.05) is 18.0 Å². The van der Waals surface area contributed by atoms with Gasteiger partial charge in [-0.25, -0.2) is 8.42 Å². The molecule has 5 nitrogen and oxygen atoms in total. The molecular formula is C12H11N3O2S. The van der Waals surface area contributed by atoms with Gasteiger partial charge in [0.2, 0.25) is 9.84 Å². The van der Waals surface area contributed by atoms with E-state index in [-0.39, 0.29) is 15.6 Å². The number of nitrogens with one attached hydrogen (secondary N) is 1. The van der Waals surface area contributed by atoms with Crippen molar-refractivity contribution >= 4 is 15.7 Å². The second-order valence-corrected chi connectivity index (χ2v) is 5.58. The van der Waals surface area contributed by atoms with Gasteiger partial charge in [0.25, 0.3) is 0 Å². The molecule has 0 aliphatic carbocycles. The Kier molecular flexibility index (Phi) is 3.12. The number of sulfone groups is 1. The maximum absolute atomic E-state index is 12.2. The molecule has 0 saturated heterocycles. The van der Waals surface area contributed by atoms with Gasteiger partial charge in [-0.1, -0.05) is 0 Å². The second kappa shape index (κ2) is 4.58. The summed E-state index contributed by atoms with van der Waals surface area (Å²) in [5.41, 5.74) is 5.79. The van der Waals surface area contributed by atoms with E-state index < -0.39 is 9.84 Å². The van der Waals surface area contributed by atoms with E-state index in [2.05, 4.69) is 4.98 Å². The van der Waals surface area contributed by atoms with Crippen LogP contribution in [0.5, 0.6) is 0 Å². The molecule has 0 unspecified atom stereocenters. The van der Waals surface area contributed by atoms with Crippen LogP contribution in [0.1, 0.15) is 5.56 Å². The number of pyridine rings is 1. The van der Waals surface area contributed by atoms with Crippen LogP contribution < -0.4 is 5.73 Å². The lowest BCUT2D eigenvalue weighted by atomic mass is 10.2. The van der Waals surface area contributed by atoms with E-state index >= 15 is 0 Å². The first kappa shape index (κ1) is 12.3. The molecule has 0 aliphatic heterocycles. The number of nitrogens with two attached hydrogens (primary N) is 1. The maximum atomic E-state index is 12.2. The number of nitrogen functional groups attached to an aromatic ring is 1. The smallest absolute Gasteiger partial charge is 0.208 e. The van der Waals surface area contributed by atoms with Crippen LogP contribution >= 0.6 is 0 Å². The van der Waals surface area contributed by atoms with Gasteiger partial charge >= 0.3 is 0 Å². The Labute approximate surface area is 105 Å². The molecule has 0 saturated carbocycles. The first-order valence-electron chi connectivity index (χ1n) is 5.11. The molecule has 1 aromatic carbocycles. The zero-order chi connectivity index (χ0) is 13.2. The molecule has 2 aromatic rings. The largest absolute Gasteiger partial charge is 0.384 e. The molecule has 0 amide bonds. The average molecular weight is 261 g/mol. The first-order chi connectivity index (χ1) is 8.51. The number of rotatable bonds is 3. The van der Waals surface area contributed by atoms with E-state index in [1.165, 1.54) is 42.7 Å². The third kappa shape index (κ3) is 2.23. The summed E-state index contributed by atoms with van der Waals surface area (Å²) in [5.74, 6) is -0.0969. The summed E-state index contributed by atoms with van der Waals surface area (Å²) < 4.78 is 24.4. The zero-order valence-electron chi connectivity index (χ0n) is 9.37. The van der Waals surface area contributed by atoms with Crippen molar-refractivity contribution in [2.24, 2.45) is 5.73 Å². The first-order valence-corrected chi connectivity index (χ1v) is 6.60. The van der Waals surface area contributed by atoms with E-state index in [4.69, 9.17) is 11.1 Å². The molecule has 6 heteroatoms. The van der Waals surface area contributed by atoms with Gasteiger partial charge in [0.15, 0.2) is 0 Å². The Balaban J connectivity index is 2.46. The van der Waals surface area contributed by atoms with Crippen LogP contribution in [-0.2, 0) is 9.84 Å². The van der Waals surface area contributed by atoms with Crippen LogP contribution in [0.4, 0.5) is 0 Å². The SMILES string of the molecule is N=C(N)c1ccc(S(=O)(=O)c2cccnc2)cc1. The number of benzene rings is 1. The Hall–Kier alpha value is -2.21. The molecule has 92 valence electrons. The summed E-state index contributed by atoms with van der Waals surface area (Å²) in [4.78, 5) is 4.08. The van der Waals surface area contributed by atoms with E-state index in [0.29, 0.717) is 5.56 Å². The molecule has 0 radical (unpaired) electrons. The fraction of sp³-hybridized carbons (Fsp3) is 0. The van der Waals surface area contributed by atoms with Gasteiger partial charge in [0.05, 0.1) is 9.79 Å². The highest BCUT2D eigenvalue weighted by Crippen LogP contribution is 2.19. The summed E-state index contributed by atoms with van der Waals surface area (Å²) in [5, 5.41) is 7.24. The minimum atomic E-state index is -3.56. The quantitative estimate of drug-likeness (QED) is 0.640. The molecule has 0 spiro atoms. The van der Waals surface area contributed by atoms with Crippen molar-refractivity contribution in [3.63, 3.8) is 0 Å². The highest BCUT2D eigenvalue weighted by Gasteiger charge is 2.17. The molecule has 0 bridgehead atoms. The molecular weight excluding hydrogens is 250 g/mol. The second-order valence-electron chi connectivity index (χ2n) is 3.63. The van der Waals surface area contributed by atoms with Crippen LogP contribution in [0.3, 0.4) is 0 Å². The Bertz CT molecular complexity index is 664. The van der Waals surface area contributed by atoms with Crippen molar-refractivity contribution in [1.29, 1.82) is 5.41 Å². The van der Waals surface area contributed by atoms with E-state index in [9.17, 15) is 8.42 Å². The molecule has 0 atom stereocenters. The third-order valence-corrected chi connectivity index (χ3v) is 4.18. The van der Waals surface area contributed by atoms with Gasteiger partial charge in [-0.2, -0.15) is 0 Å². The summed E-state index contributed by atoms with van der Waals surface area (Å²) in [6.45, 7) is 0. The Morgan fingerprint density at radius 2 is 1.78 bits per heavy atom. The van der Waals surface area contributed by atoms with Crippen LogP contribution in [0.15, 0.2) is 58.6 Å². The van der Waals surface area contributed by atoms with Crippen molar-refractivity contribution in [2.75, 3.05) is 0 Å². The van der Waals surface area contributed by atoms with Crippen molar-refractivity contribution in [3.8, 4) is 0 Å². The number of aromatic nitrogens is 1. The summed E-state index contributed by atoms with van der Waals surface area (Å²) in [6.07, 6.45) is 2.81. The van der Waals surface area contributed by atoms with Crippen LogP contribution in [0, 0.1) is 5.41 Å². The van der Waals surface area contributed by atoms with Crippen molar-refractivity contribution in [3.05, 3.63) is 54.4 Å². The normalized spacial score (nSPS) is 11.1.